The number of unbranched alkanes of at least 4 members (excludes halogenated alkanes) is 36. The van der Waals surface area contributed by atoms with Crippen molar-refractivity contribution in [3.63, 3.8) is 0 Å². The molecule has 0 rings (SSSR count). The number of hydrogen-bond donors (Lipinski definition) is 0. The lowest BCUT2D eigenvalue weighted by Crippen LogP contribution is -2.30. The van der Waals surface area contributed by atoms with E-state index in [9.17, 15) is 14.4 Å². The first-order chi connectivity index (χ1) is 28.0. The van der Waals surface area contributed by atoms with Gasteiger partial charge in [0, 0.05) is 19.3 Å². The largest absolute Gasteiger partial charge is 0.462 e. The van der Waals surface area contributed by atoms with E-state index < -0.39 is 6.10 Å². The Hall–Kier alpha value is -1.59. The zero-order valence-electron chi connectivity index (χ0n) is 38.6. The van der Waals surface area contributed by atoms with Crippen LogP contribution < -0.4 is 0 Å². The van der Waals surface area contributed by atoms with Gasteiger partial charge in [-0.15, -0.1) is 0 Å². The van der Waals surface area contributed by atoms with E-state index >= 15 is 0 Å². The van der Waals surface area contributed by atoms with E-state index in [1.54, 1.807) is 0 Å². The van der Waals surface area contributed by atoms with Crippen molar-refractivity contribution < 1.29 is 28.6 Å². The van der Waals surface area contributed by atoms with E-state index in [0.717, 1.165) is 57.8 Å². The van der Waals surface area contributed by atoms with Crippen LogP contribution in [0.15, 0.2) is 0 Å². The Labute approximate surface area is 355 Å². The molecule has 0 saturated carbocycles. The van der Waals surface area contributed by atoms with Crippen molar-refractivity contribution >= 4 is 17.9 Å². The van der Waals surface area contributed by atoms with E-state index in [0.29, 0.717) is 19.3 Å². The zero-order valence-corrected chi connectivity index (χ0v) is 38.6. The maximum atomic E-state index is 12.8. The fraction of sp³-hybridized carbons (Fsp3) is 0.941. The number of rotatable bonds is 47. The van der Waals surface area contributed by atoms with Gasteiger partial charge in [0.05, 0.1) is 0 Å². The van der Waals surface area contributed by atoms with Gasteiger partial charge in [0.15, 0.2) is 6.10 Å². The van der Waals surface area contributed by atoms with Crippen LogP contribution in [0.5, 0.6) is 0 Å². The van der Waals surface area contributed by atoms with Crippen molar-refractivity contribution in [3.05, 3.63) is 0 Å². The Morgan fingerprint density at radius 3 is 0.702 bits per heavy atom. The first-order valence-corrected chi connectivity index (χ1v) is 25.5. The lowest BCUT2D eigenvalue weighted by Gasteiger charge is -2.18. The minimum Gasteiger partial charge on any atom is -0.462 e. The van der Waals surface area contributed by atoms with Crippen LogP contribution in [0.1, 0.15) is 290 Å². The van der Waals surface area contributed by atoms with Gasteiger partial charge >= 0.3 is 17.9 Å². The predicted octanol–water partition coefficient (Wildman–Crippen LogP) is 16.4. The van der Waals surface area contributed by atoms with Gasteiger partial charge in [-0.25, -0.2) is 0 Å². The number of carbonyl (C=O) groups is 3. The van der Waals surface area contributed by atoms with Crippen molar-refractivity contribution in [2.75, 3.05) is 13.2 Å². The highest BCUT2D eigenvalue weighted by atomic mass is 16.6. The van der Waals surface area contributed by atoms with E-state index in [-0.39, 0.29) is 31.1 Å². The molecule has 0 unspecified atom stereocenters. The van der Waals surface area contributed by atoms with Gasteiger partial charge in [-0.1, -0.05) is 252 Å². The standard InChI is InChI=1S/C51H98O6/c1-4-7-10-13-16-19-21-23-25-27-29-32-35-38-41-44-50(53)56-47-48(46-55-49(52)43-40-37-34-31-18-15-12-9-6-3)57-51(54)45-42-39-36-33-30-28-26-24-22-20-17-14-11-8-5-2/h48H,4-47H2,1-3H3/t48-/m1/s1. The summed E-state index contributed by atoms with van der Waals surface area (Å²) >= 11 is 0. The highest BCUT2D eigenvalue weighted by Gasteiger charge is 2.19. The Balaban J connectivity index is 4.26. The minimum absolute atomic E-state index is 0.0620. The minimum atomic E-state index is -0.758. The average molecular weight is 807 g/mol. The SMILES string of the molecule is CCCCCCCCCCCCCCCCCC(=O)OC[C@@H](COC(=O)CCCCCCCCCCC)OC(=O)CCCCCCCCCCCCCCCCC. The lowest BCUT2D eigenvalue weighted by molar-refractivity contribution is -0.167. The van der Waals surface area contributed by atoms with Crippen LogP contribution in [0.4, 0.5) is 0 Å². The smallest absolute Gasteiger partial charge is 0.306 e. The van der Waals surface area contributed by atoms with Crippen LogP contribution >= 0.6 is 0 Å². The number of esters is 3. The summed E-state index contributed by atoms with van der Waals surface area (Å²) in [6.45, 7) is 6.66. The van der Waals surface area contributed by atoms with Crippen LogP contribution in [0.2, 0.25) is 0 Å². The Morgan fingerprint density at radius 1 is 0.281 bits per heavy atom. The van der Waals surface area contributed by atoms with Crippen molar-refractivity contribution in [2.45, 2.75) is 297 Å². The number of carbonyl (C=O) groups excluding carboxylic acids is 3. The fourth-order valence-corrected chi connectivity index (χ4v) is 7.74. The first-order valence-electron chi connectivity index (χ1n) is 25.5. The summed E-state index contributed by atoms with van der Waals surface area (Å²) in [6, 6.07) is 0. The molecular formula is C51H98O6. The molecular weight excluding hydrogens is 709 g/mol. The Bertz CT molecular complexity index is 844. The highest BCUT2D eigenvalue weighted by Crippen LogP contribution is 2.17. The maximum absolute atomic E-state index is 12.8. The molecule has 0 aromatic heterocycles. The molecule has 0 aliphatic carbocycles. The van der Waals surface area contributed by atoms with Crippen molar-refractivity contribution in [1.82, 2.24) is 0 Å². The fourth-order valence-electron chi connectivity index (χ4n) is 7.74. The Kier molecular flexibility index (Phi) is 45.8. The van der Waals surface area contributed by atoms with E-state index in [4.69, 9.17) is 14.2 Å². The van der Waals surface area contributed by atoms with Gasteiger partial charge in [-0.05, 0) is 19.3 Å². The molecule has 0 aromatic carbocycles. The molecule has 0 fully saturated rings. The summed E-state index contributed by atoms with van der Waals surface area (Å²) < 4.78 is 16.8. The molecule has 1 atom stereocenters. The van der Waals surface area contributed by atoms with Gasteiger partial charge in [-0.3, -0.25) is 14.4 Å². The number of hydrogen-bond acceptors (Lipinski definition) is 6. The maximum Gasteiger partial charge on any atom is 0.306 e. The molecule has 6 nitrogen and oxygen atoms in total. The van der Waals surface area contributed by atoms with Gasteiger partial charge < -0.3 is 14.2 Å². The summed E-state index contributed by atoms with van der Waals surface area (Å²) in [4.78, 5) is 37.8. The van der Waals surface area contributed by atoms with Crippen molar-refractivity contribution in [3.8, 4) is 0 Å². The molecule has 338 valence electrons. The molecule has 6 heteroatoms. The molecule has 0 bridgehead atoms. The molecule has 0 saturated heterocycles. The summed E-state index contributed by atoms with van der Waals surface area (Å²) in [5, 5.41) is 0. The molecule has 0 radical (unpaired) electrons. The third kappa shape index (κ3) is 45.3. The van der Waals surface area contributed by atoms with Gasteiger partial charge in [0.2, 0.25) is 0 Å². The molecule has 0 spiro atoms. The normalized spacial score (nSPS) is 11.8. The molecule has 0 N–H and O–H groups in total. The van der Waals surface area contributed by atoms with Crippen LogP contribution in [0.25, 0.3) is 0 Å². The quantitative estimate of drug-likeness (QED) is 0.0346. The van der Waals surface area contributed by atoms with Crippen LogP contribution in [0.3, 0.4) is 0 Å². The molecule has 0 aliphatic rings. The van der Waals surface area contributed by atoms with Crippen molar-refractivity contribution in [2.24, 2.45) is 0 Å². The van der Waals surface area contributed by atoms with E-state index in [2.05, 4.69) is 20.8 Å². The predicted molar refractivity (Wildman–Crippen MR) is 243 cm³/mol. The highest BCUT2D eigenvalue weighted by molar-refractivity contribution is 5.71. The summed E-state index contributed by atoms with van der Waals surface area (Å²) in [6.07, 6.45) is 49.4. The van der Waals surface area contributed by atoms with E-state index in [1.807, 2.05) is 0 Å². The van der Waals surface area contributed by atoms with Crippen LogP contribution in [0, 0.1) is 0 Å². The van der Waals surface area contributed by atoms with Gasteiger partial charge in [0.25, 0.3) is 0 Å². The third-order valence-corrected chi connectivity index (χ3v) is 11.6. The molecule has 0 amide bonds. The lowest BCUT2D eigenvalue weighted by atomic mass is 10.0. The van der Waals surface area contributed by atoms with Crippen molar-refractivity contribution in [1.29, 1.82) is 0 Å². The monoisotopic (exact) mass is 807 g/mol. The third-order valence-electron chi connectivity index (χ3n) is 11.6. The summed E-state index contributed by atoms with van der Waals surface area (Å²) in [7, 11) is 0. The molecule has 0 heterocycles. The zero-order chi connectivity index (χ0) is 41.5. The van der Waals surface area contributed by atoms with Crippen LogP contribution in [-0.4, -0.2) is 37.2 Å². The Morgan fingerprint density at radius 2 is 0.474 bits per heavy atom. The second kappa shape index (κ2) is 47.1. The molecule has 57 heavy (non-hydrogen) atoms. The van der Waals surface area contributed by atoms with Gasteiger partial charge in [-0.2, -0.15) is 0 Å². The van der Waals surface area contributed by atoms with E-state index in [1.165, 1.54) is 193 Å². The summed E-state index contributed by atoms with van der Waals surface area (Å²) in [5.41, 5.74) is 0. The second-order valence-electron chi connectivity index (χ2n) is 17.5. The topological polar surface area (TPSA) is 78.9 Å². The second-order valence-corrected chi connectivity index (χ2v) is 17.5. The number of ether oxygens (including phenoxy) is 3. The molecule has 0 aromatic rings. The van der Waals surface area contributed by atoms with Crippen LogP contribution in [-0.2, 0) is 28.6 Å². The first kappa shape index (κ1) is 55.4. The van der Waals surface area contributed by atoms with Gasteiger partial charge in [0.1, 0.15) is 13.2 Å². The molecule has 0 aliphatic heterocycles. The summed E-state index contributed by atoms with van der Waals surface area (Å²) in [5.74, 6) is -0.845. The average Bonchev–Trinajstić information content (AvgIpc) is 3.21.